The Kier molecular flexibility index (Phi) is 8.22. The average Bonchev–Trinajstić information content (AvgIpc) is 3.30. The fourth-order valence-electron chi connectivity index (χ4n) is 9.04. The van der Waals surface area contributed by atoms with Crippen molar-refractivity contribution in [3.8, 4) is 22.3 Å². The molecule has 0 atom stereocenters. The predicted octanol–water partition coefficient (Wildman–Crippen LogP) is 15.2. The Bertz CT molecular complexity index is 2680. The van der Waals surface area contributed by atoms with Crippen molar-refractivity contribution in [2.24, 2.45) is 0 Å². The van der Waals surface area contributed by atoms with Gasteiger partial charge in [0.15, 0.2) is 0 Å². The maximum absolute atomic E-state index is 2.50. The smallest absolute Gasteiger partial charge is 0.0545 e. The molecule has 9 aromatic rings. The molecule has 0 aliphatic carbocycles. The van der Waals surface area contributed by atoms with Crippen LogP contribution in [0.4, 0.5) is 51.2 Å². The van der Waals surface area contributed by atoms with E-state index in [2.05, 4.69) is 245 Å². The number of hydrogen-bond acceptors (Lipinski definition) is 3. The zero-order valence-electron chi connectivity index (χ0n) is 31.9. The third-order valence-corrected chi connectivity index (χ3v) is 11.6. The van der Waals surface area contributed by atoms with Crippen molar-refractivity contribution < 1.29 is 0 Å². The molecule has 2 aliphatic rings. The Hall–Kier alpha value is -7.62. The normalized spacial score (nSPS) is 12.7. The molecule has 2 aliphatic heterocycles. The molecule has 0 aromatic heterocycles. The molecule has 0 spiro atoms. The summed E-state index contributed by atoms with van der Waals surface area (Å²) < 4.78 is 0. The van der Waals surface area contributed by atoms with Crippen molar-refractivity contribution in [1.29, 1.82) is 0 Å². The third kappa shape index (κ3) is 5.67. The topological polar surface area (TPSA) is 9.72 Å². The van der Waals surface area contributed by atoms with E-state index >= 15 is 0 Å². The monoisotopic (exact) mass is 741 g/mol. The van der Waals surface area contributed by atoms with Crippen molar-refractivity contribution in [2.45, 2.75) is 5.92 Å². The maximum Gasteiger partial charge on any atom is 0.0545 e. The van der Waals surface area contributed by atoms with E-state index in [4.69, 9.17) is 0 Å². The molecule has 274 valence electrons. The molecule has 0 saturated carbocycles. The van der Waals surface area contributed by atoms with Crippen LogP contribution in [0.2, 0.25) is 0 Å². The van der Waals surface area contributed by atoms with E-state index in [0.717, 1.165) is 39.8 Å². The van der Waals surface area contributed by atoms with Crippen LogP contribution in [0, 0.1) is 0 Å². The van der Waals surface area contributed by atoms with E-state index in [1.54, 1.807) is 0 Å². The highest BCUT2D eigenvalue weighted by Gasteiger charge is 2.42. The Morgan fingerprint density at radius 3 is 1.05 bits per heavy atom. The van der Waals surface area contributed by atoms with E-state index in [-0.39, 0.29) is 5.92 Å². The summed E-state index contributed by atoms with van der Waals surface area (Å²) in [5.74, 6) is -0.0134. The number of rotatable bonds is 7. The summed E-state index contributed by atoms with van der Waals surface area (Å²) in [4.78, 5) is 7.40. The van der Waals surface area contributed by atoms with Crippen molar-refractivity contribution in [1.82, 2.24) is 0 Å². The Balaban J connectivity index is 1.26. The lowest BCUT2D eigenvalue weighted by Gasteiger charge is -2.46. The SMILES string of the molecule is c1ccc(-c2ccc3c(c2)N(c2ccccc2)c2cc(N(c4ccccc4)c4ccccc4)cc4c2C3c2ccc(-c3ccccc3)cc2N4c2ccccc2)cc1. The van der Waals surface area contributed by atoms with Crippen LogP contribution in [-0.4, -0.2) is 0 Å². The van der Waals surface area contributed by atoms with Gasteiger partial charge in [-0.25, -0.2) is 0 Å². The van der Waals surface area contributed by atoms with Gasteiger partial charge >= 0.3 is 0 Å². The van der Waals surface area contributed by atoms with Crippen LogP contribution in [0.15, 0.2) is 231 Å². The van der Waals surface area contributed by atoms with Gasteiger partial charge < -0.3 is 14.7 Å². The first kappa shape index (κ1) is 33.7. The Labute approximate surface area is 340 Å². The molecular weight excluding hydrogens is 703 g/mol. The summed E-state index contributed by atoms with van der Waals surface area (Å²) in [5.41, 5.74) is 18.9. The lowest BCUT2D eigenvalue weighted by atomic mass is 9.74. The fraction of sp³-hybridized carbons (Fsp3) is 0.0182. The molecule has 0 bridgehead atoms. The lowest BCUT2D eigenvalue weighted by Crippen LogP contribution is -2.29. The zero-order valence-corrected chi connectivity index (χ0v) is 31.9. The molecule has 58 heavy (non-hydrogen) atoms. The van der Waals surface area contributed by atoms with Gasteiger partial charge in [0.25, 0.3) is 0 Å². The van der Waals surface area contributed by atoms with Crippen molar-refractivity contribution in [3.63, 3.8) is 0 Å². The van der Waals surface area contributed by atoms with Crippen molar-refractivity contribution in [2.75, 3.05) is 14.7 Å². The summed E-state index contributed by atoms with van der Waals surface area (Å²) in [6.07, 6.45) is 0. The van der Waals surface area contributed by atoms with Crippen LogP contribution >= 0.6 is 0 Å². The summed E-state index contributed by atoms with van der Waals surface area (Å²) in [6.45, 7) is 0. The molecule has 9 aromatic carbocycles. The molecular formula is C55H39N3. The molecule has 0 unspecified atom stereocenters. The standard InChI is InChI=1S/C55H39N3/c1-7-19-39(20-8-1)41-31-33-48-50(35-41)57(45-27-15-5-16-28-45)52-37-47(56(43-23-11-3-12-24-43)44-25-13-4-14-26-44)38-53-55(52)54(48)49-34-32-42(40-21-9-2-10-22-40)36-51(49)58(53)46-29-17-6-18-30-46/h1-38,54H. The van der Waals surface area contributed by atoms with Crippen LogP contribution < -0.4 is 14.7 Å². The quantitative estimate of drug-likeness (QED) is 0.161. The van der Waals surface area contributed by atoms with Crippen LogP contribution in [0.1, 0.15) is 22.6 Å². The number of anilines is 9. The van der Waals surface area contributed by atoms with Gasteiger partial charge in [-0.15, -0.1) is 0 Å². The van der Waals surface area contributed by atoms with E-state index in [0.29, 0.717) is 0 Å². The molecule has 0 radical (unpaired) electrons. The number of benzene rings is 9. The zero-order chi connectivity index (χ0) is 38.4. The van der Waals surface area contributed by atoms with Gasteiger partial charge in [0.1, 0.15) is 0 Å². The molecule has 0 N–H and O–H groups in total. The first-order valence-corrected chi connectivity index (χ1v) is 20.0. The molecule has 0 saturated heterocycles. The molecule has 3 heteroatoms. The van der Waals surface area contributed by atoms with Crippen LogP contribution in [-0.2, 0) is 0 Å². The molecule has 0 fully saturated rings. The summed E-state index contributed by atoms with van der Waals surface area (Å²) >= 11 is 0. The second-order valence-corrected chi connectivity index (χ2v) is 15.0. The highest BCUT2D eigenvalue weighted by atomic mass is 15.2. The highest BCUT2D eigenvalue weighted by Crippen LogP contribution is 2.62. The van der Waals surface area contributed by atoms with Gasteiger partial charge in [-0.1, -0.05) is 158 Å². The van der Waals surface area contributed by atoms with Crippen LogP contribution in [0.5, 0.6) is 0 Å². The van der Waals surface area contributed by atoms with Crippen molar-refractivity contribution >= 4 is 51.2 Å². The van der Waals surface area contributed by atoms with Gasteiger partial charge in [0, 0.05) is 34.2 Å². The molecule has 0 amide bonds. The van der Waals surface area contributed by atoms with E-state index < -0.39 is 0 Å². The second-order valence-electron chi connectivity index (χ2n) is 15.0. The van der Waals surface area contributed by atoms with E-state index in [1.807, 2.05) is 0 Å². The average molecular weight is 742 g/mol. The van der Waals surface area contributed by atoms with Gasteiger partial charge in [-0.05, 0) is 106 Å². The minimum Gasteiger partial charge on any atom is -0.310 e. The Morgan fingerprint density at radius 1 is 0.293 bits per heavy atom. The first-order chi connectivity index (χ1) is 28.8. The van der Waals surface area contributed by atoms with Gasteiger partial charge in [0.2, 0.25) is 0 Å². The van der Waals surface area contributed by atoms with Crippen LogP contribution in [0.25, 0.3) is 22.3 Å². The number of nitrogens with zero attached hydrogens (tertiary/aromatic N) is 3. The van der Waals surface area contributed by atoms with E-state index in [1.165, 1.54) is 50.3 Å². The molecule has 2 heterocycles. The lowest BCUT2D eigenvalue weighted by molar-refractivity contribution is 0.908. The second kappa shape index (κ2) is 14.1. The molecule has 11 rings (SSSR count). The minimum absolute atomic E-state index is 0.0134. The minimum atomic E-state index is -0.0134. The van der Waals surface area contributed by atoms with Crippen molar-refractivity contribution in [3.05, 3.63) is 247 Å². The van der Waals surface area contributed by atoms with Gasteiger partial charge in [0.05, 0.1) is 28.4 Å². The molecule has 3 nitrogen and oxygen atoms in total. The summed E-state index contributed by atoms with van der Waals surface area (Å²) in [6, 6.07) is 83.8. The van der Waals surface area contributed by atoms with Gasteiger partial charge in [-0.2, -0.15) is 0 Å². The summed E-state index contributed by atoms with van der Waals surface area (Å²) in [7, 11) is 0. The Morgan fingerprint density at radius 2 is 0.655 bits per heavy atom. The third-order valence-electron chi connectivity index (χ3n) is 11.6. The predicted molar refractivity (Wildman–Crippen MR) is 242 cm³/mol. The maximum atomic E-state index is 2.50. The highest BCUT2D eigenvalue weighted by molar-refractivity contribution is 6.00. The number of para-hydroxylation sites is 4. The largest absolute Gasteiger partial charge is 0.310 e. The summed E-state index contributed by atoms with van der Waals surface area (Å²) in [5, 5.41) is 0. The number of fused-ring (bicyclic) bond motifs is 4. The van der Waals surface area contributed by atoms with E-state index in [9.17, 15) is 0 Å². The fourth-order valence-corrected chi connectivity index (χ4v) is 9.04. The number of hydrogen-bond donors (Lipinski definition) is 0. The first-order valence-electron chi connectivity index (χ1n) is 20.0. The van der Waals surface area contributed by atoms with Crippen LogP contribution in [0.3, 0.4) is 0 Å². The van der Waals surface area contributed by atoms with Gasteiger partial charge in [-0.3, -0.25) is 0 Å².